The predicted molar refractivity (Wildman–Crippen MR) is 45.3 cm³/mol. The summed E-state index contributed by atoms with van der Waals surface area (Å²) in [7, 11) is 0. The molecule has 0 unspecified atom stereocenters. The summed E-state index contributed by atoms with van der Waals surface area (Å²) in [6, 6.07) is 7.25. The molecule has 0 bridgehead atoms. The van der Waals surface area contributed by atoms with Gasteiger partial charge in [0.25, 0.3) is 0 Å². The predicted octanol–water partition coefficient (Wildman–Crippen LogP) is 1.65. The fraction of sp³-hybridized carbons (Fsp3) is 0.250. The zero-order valence-electron chi connectivity index (χ0n) is 6.18. The Labute approximate surface area is 65.2 Å². The Kier molecular flexibility index (Phi) is 2.72. The zero-order chi connectivity index (χ0) is 8.10. The van der Waals surface area contributed by atoms with Gasteiger partial charge in [-0.3, -0.25) is 0 Å². The van der Waals surface area contributed by atoms with Gasteiger partial charge >= 0.3 is 0 Å². The second-order valence-electron chi connectivity index (χ2n) is 2.24. The van der Waals surface area contributed by atoms with Crippen LogP contribution in [-0.4, -0.2) is 13.2 Å². The van der Waals surface area contributed by atoms with Gasteiger partial charge in [0.1, 0.15) is 6.67 Å². The maximum atomic E-state index is 11.7. The molecule has 0 aliphatic rings. The summed E-state index contributed by atoms with van der Waals surface area (Å²) >= 11 is 0. The summed E-state index contributed by atoms with van der Waals surface area (Å²) in [6.45, 7) is -0.0295. The van der Waals surface area contributed by atoms with Crippen molar-refractivity contribution in [3.8, 4) is 0 Å². The van der Waals surface area contributed by atoms with Crippen molar-refractivity contribution in [2.75, 3.05) is 24.3 Å². The van der Waals surface area contributed by atoms with Crippen LogP contribution >= 0.6 is 0 Å². The molecule has 3 heteroatoms. The van der Waals surface area contributed by atoms with Crippen LogP contribution in [0.1, 0.15) is 0 Å². The van der Waals surface area contributed by atoms with Crippen LogP contribution < -0.4 is 11.1 Å². The van der Waals surface area contributed by atoms with Gasteiger partial charge in [0, 0.05) is 17.9 Å². The number of nitrogens with one attached hydrogen (secondary N) is 1. The molecule has 0 saturated carbocycles. The van der Waals surface area contributed by atoms with Gasteiger partial charge in [-0.05, 0) is 18.2 Å². The van der Waals surface area contributed by atoms with Crippen LogP contribution in [-0.2, 0) is 0 Å². The van der Waals surface area contributed by atoms with E-state index in [0.29, 0.717) is 12.2 Å². The van der Waals surface area contributed by atoms with E-state index in [1.165, 1.54) is 0 Å². The minimum Gasteiger partial charge on any atom is -0.399 e. The van der Waals surface area contributed by atoms with E-state index in [2.05, 4.69) is 5.32 Å². The van der Waals surface area contributed by atoms with Gasteiger partial charge in [-0.25, -0.2) is 4.39 Å². The molecule has 1 aromatic rings. The largest absolute Gasteiger partial charge is 0.399 e. The van der Waals surface area contributed by atoms with Gasteiger partial charge in [-0.1, -0.05) is 6.07 Å². The first-order valence-corrected chi connectivity index (χ1v) is 3.48. The third-order valence-corrected chi connectivity index (χ3v) is 1.31. The van der Waals surface area contributed by atoms with Gasteiger partial charge in [0.15, 0.2) is 0 Å². The summed E-state index contributed by atoms with van der Waals surface area (Å²) in [5, 5.41) is 2.88. The molecule has 0 aliphatic heterocycles. The fourth-order valence-corrected chi connectivity index (χ4v) is 0.840. The van der Waals surface area contributed by atoms with Crippen molar-refractivity contribution in [1.29, 1.82) is 0 Å². The van der Waals surface area contributed by atoms with Crippen LogP contribution in [0, 0.1) is 0 Å². The monoisotopic (exact) mass is 154 g/mol. The lowest BCUT2D eigenvalue weighted by molar-refractivity contribution is 0.513. The van der Waals surface area contributed by atoms with E-state index in [1.54, 1.807) is 12.1 Å². The molecule has 2 nitrogen and oxygen atoms in total. The first kappa shape index (κ1) is 7.85. The van der Waals surface area contributed by atoms with Gasteiger partial charge in [0.05, 0.1) is 0 Å². The van der Waals surface area contributed by atoms with Gasteiger partial charge in [-0.15, -0.1) is 0 Å². The molecule has 0 fully saturated rings. The Morgan fingerprint density at radius 1 is 1.45 bits per heavy atom. The molecule has 0 heterocycles. The average molecular weight is 154 g/mol. The van der Waals surface area contributed by atoms with Crippen molar-refractivity contribution < 1.29 is 4.39 Å². The Bertz CT molecular complexity index is 225. The second-order valence-corrected chi connectivity index (χ2v) is 2.24. The van der Waals surface area contributed by atoms with Crippen molar-refractivity contribution in [1.82, 2.24) is 0 Å². The number of nitrogen functional groups attached to an aromatic ring is 1. The summed E-state index contributed by atoms with van der Waals surface area (Å²) in [4.78, 5) is 0. The van der Waals surface area contributed by atoms with Crippen LogP contribution in [0.3, 0.4) is 0 Å². The number of benzene rings is 1. The van der Waals surface area contributed by atoms with Crippen molar-refractivity contribution in [2.45, 2.75) is 0 Å². The van der Waals surface area contributed by atoms with E-state index in [9.17, 15) is 4.39 Å². The minimum absolute atomic E-state index is 0.337. The fourth-order valence-electron chi connectivity index (χ4n) is 0.840. The van der Waals surface area contributed by atoms with Crippen molar-refractivity contribution in [3.63, 3.8) is 0 Å². The quantitative estimate of drug-likeness (QED) is 0.649. The molecular formula is C8H11FN2. The lowest BCUT2D eigenvalue weighted by Crippen LogP contribution is -2.02. The average Bonchev–Trinajstić information content (AvgIpc) is 2.01. The van der Waals surface area contributed by atoms with E-state index >= 15 is 0 Å². The molecule has 0 aromatic heterocycles. The van der Waals surface area contributed by atoms with Crippen molar-refractivity contribution in [2.24, 2.45) is 0 Å². The van der Waals surface area contributed by atoms with Crippen molar-refractivity contribution >= 4 is 11.4 Å². The Balaban J connectivity index is 2.56. The molecule has 0 atom stereocenters. The SMILES string of the molecule is Nc1cccc(NCCF)c1. The third-order valence-electron chi connectivity index (χ3n) is 1.31. The second kappa shape index (κ2) is 3.81. The Hall–Kier alpha value is -1.25. The maximum absolute atomic E-state index is 11.7. The number of rotatable bonds is 3. The molecule has 11 heavy (non-hydrogen) atoms. The molecule has 3 N–H and O–H groups in total. The molecule has 1 rings (SSSR count). The Morgan fingerprint density at radius 2 is 2.27 bits per heavy atom. The number of anilines is 2. The third kappa shape index (κ3) is 2.45. The maximum Gasteiger partial charge on any atom is 0.107 e. The molecule has 0 saturated heterocycles. The summed E-state index contributed by atoms with van der Waals surface area (Å²) in [5.41, 5.74) is 7.05. The van der Waals surface area contributed by atoms with E-state index in [1.807, 2.05) is 12.1 Å². The molecule has 60 valence electrons. The lowest BCUT2D eigenvalue weighted by atomic mass is 10.3. The molecule has 0 spiro atoms. The lowest BCUT2D eigenvalue weighted by Gasteiger charge is -2.03. The van der Waals surface area contributed by atoms with E-state index in [-0.39, 0.29) is 6.67 Å². The number of nitrogens with two attached hydrogens (primary N) is 1. The standard InChI is InChI=1S/C8H11FN2/c9-4-5-11-8-3-1-2-7(10)6-8/h1-3,6,11H,4-5,10H2. The summed E-state index contributed by atoms with van der Waals surface area (Å²) < 4.78 is 11.7. The highest BCUT2D eigenvalue weighted by atomic mass is 19.1. The smallest absolute Gasteiger partial charge is 0.107 e. The van der Waals surface area contributed by atoms with Gasteiger partial charge in [-0.2, -0.15) is 0 Å². The highest BCUT2D eigenvalue weighted by Gasteiger charge is 1.89. The Morgan fingerprint density at radius 3 is 2.91 bits per heavy atom. The number of hydrogen-bond donors (Lipinski definition) is 2. The number of halogens is 1. The van der Waals surface area contributed by atoms with Crippen LogP contribution in [0.25, 0.3) is 0 Å². The van der Waals surface area contributed by atoms with E-state index in [4.69, 9.17) is 5.73 Å². The van der Waals surface area contributed by atoms with Gasteiger partial charge < -0.3 is 11.1 Å². The van der Waals surface area contributed by atoms with Gasteiger partial charge in [0.2, 0.25) is 0 Å². The van der Waals surface area contributed by atoms with E-state index in [0.717, 1.165) is 5.69 Å². The first-order chi connectivity index (χ1) is 5.33. The highest BCUT2D eigenvalue weighted by Crippen LogP contribution is 2.10. The summed E-state index contributed by atoms with van der Waals surface area (Å²) in [6.07, 6.45) is 0. The normalized spacial score (nSPS) is 9.55. The topological polar surface area (TPSA) is 38.0 Å². The molecule has 0 aliphatic carbocycles. The number of alkyl halides is 1. The van der Waals surface area contributed by atoms with Crippen LogP contribution in [0.2, 0.25) is 0 Å². The molecule has 0 amide bonds. The molecule has 1 aromatic carbocycles. The zero-order valence-corrected chi connectivity index (χ0v) is 6.18. The minimum atomic E-state index is -0.366. The number of hydrogen-bond acceptors (Lipinski definition) is 2. The molecule has 0 radical (unpaired) electrons. The summed E-state index contributed by atoms with van der Waals surface area (Å²) in [5.74, 6) is 0. The van der Waals surface area contributed by atoms with Crippen LogP contribution in [0.15, 0.2) is 24.3 Å². The van der Waals surface area contributed by atoms with E-state index < -0.39 is 0 Å². The van der Waals surface area contributed by atoms with Crippen LogP contribution in [0.4, 0.5) is 15.8 Å². The van der Waals surface area contributed by atoms with Crippen molar-refractivity contribution in [3.05, 3.63) is 24.3 Å². The highest BCUT2D eigenvalue weighted by molar-refractivity contribution is 5.53. The first-order valence-electron chi connectivity index (χ1n) is 3.48. The van der Waals surface area contributed by atoms with Crippen LogP contribution in [0.5, 0.6) is 0 Å². The molecular weight excluding hydrogens is 143 g/mol.